The molecule has 0 aliphatic rings. The van der Waals surface area contributed by atoms with Gasteiger partial charge in [0.2, 0.25) is 0 Å². The summed E-state index contributed by atoms with van der Waals surface area (Å²) in [6.07, 6.45) is 2.91. The standard InChI is InChI=1S/C16H15NOS/c1-10-4-5-17-13(6-10)8-15(16(17)9-18)14-7-11(2)19-12(14)3/h4-9H,1-3H3. The SMILES string of the molecule is Cc1ccn2c(C=O)c(-c3cc(C)sc3C)cc2c1. The zero-order valence-electron chi connectivity index (χ0n) is 11.2. The highest BCUT2D eigenvalue weighted by atomic mass is 32.1. The van der Waals surface area contributed by atoms with Crippen molar-refractivity contribution in [3.8, 4) is 11.1 Å². The number of hydrogen-bond donors (Lipinski definition) is 0. The molecule has 0 aliphatic heterocycles. The van der Waals surface area contributed by atoms with Gasteiger partial charge in [0.1, 0.15) is 0 Å². The zero-order chi connectivity index (χ0) is 13.6. The first-order chi connectivity index (χ1) is 9.10. The van der Waals surface area contributed by atoms with Gasteiger partial charge in [-0.25, -0.2) is 0 Å². The fourth-order valence-electron chi connectivity index (χ4n) is 2.55. The summed E-state index contributed by atoms with van der Waals surface area (Å²) in [5.74, 6) is 0. The monoisotopic (exact) mass is 269 g/mol. The molecule has 96 valence electrons. The van der Waals surface area contributed by atoms with E-state index in [0.717, 1.165) is 23.1 Å². The van der Waals surface area contributed by atoms with Crippen LogP contribution in [0.5, 0.6) is 0 Å². The van der Waals surface area contributed by atoms with E-state index in [2.05, 4.69) is 39.0 Å². The second-order valence-electron chi connectivity index (χ2n) is 4.89. The minimum absolute atomic E-state index is 0.732. The van der Waals surface area contributed by atoms with Crippen molar-refractivity contribution in [2.24, 2.45) is 0 Å². The first kappa shape index (κ1) is 12.2. The fraction of sp³-hybridized carbons (Fsp3) is 0.188. The van der Waals surface area contributed by atoms with Gasteiger partial charge in [-0.1, -0.05) is 0 Å². The molecule has 2 nitrogen and oxygen atoms in total. The van der Waals surface area contributed by atoms with Crippen LogP contribution < -0.4 is 0 Å². The molecule has 0 radical (unpaired) electrons. The molecule has 0 saturated carbocycles. The van der Waals surface area contributed by atoms with Crippen molar-refractivity contribution in [3.05, 3.63) is 51.5 Å². The largest absolute Gasteiger partial charge is 0.314 e. The number of aryl methyl sites for hydroxylation is 3. The predicted octanol–water partition coefficient (Wildman–Crippen LogP) is 4.41. The van der Waals surface area contributed by atoms with Gasteiger partial charge in [0.05, 0.1) is 5.69 Å². The van der Waals surface area contributed by atoms with E-state index >= 15 is 0 Å². The van der Waals surface area contributed by atoms with Crippen LogP contribution in [0.15, 0.2) is 30.5 Å². The van der Waals surface area contributed by atoms with E-state index in [4.69, 9.17) is 0 Å². The van der Waals surface area contributed by atoms with Crippen molar-refractivity contribution in [2.75, 3.05) is 0 Å². The van der Waals surface area contributed by atoms with Crippen molar-refractivity contribution in [1.82, 2.24) is 4.40 Å². The number of thiophene rings is 1. The second-order valence-corrected chi connectivity index (χ2v) is 6.35. The van der Waals surface area contributed by atoms with Crippen molar-refractivity contribution in [1.29, 1.82) is 0 Å². The van der Waals surface area contributed by atoms with Crippen LogP contribution in [0.4, 0.5) is 0 Å². The Labute approximate surface area is 116 Å². The lowest BCUT2D eigenvalue weighted by molar-refractivity contribution is 0.111. The maximum absolute atomic E-state index is 11.5. The van der Waals surface area contributed by atoms with E-state index < -0.39 is 0 Å². The van der Waals surface area contributed by atoms with Gasteiger partial charge in [-0.15, -0.1) is 11.3 Å². The average Bonchev–Trinajstić information content (AvgIpc) is 2.88. The highest BCUT2D eigenvalue weighted by Crippen LogP contribution is 2.34. The molecule has 3 heteroatoms. The Morgan fingerprint density at radius 3 is 2.53 bits per heavy atom. The number of aromatic nitrogens is 1. The summed E-state index contributed by atoms with van der Waals surface area (Å²) in [7, 11) is 0. The highest BCUT2D eigenvalue weighted by molar-refractivity contribution is 7.12. The number of carbonyl (C=O) groups excluding carboxylic acids is 1. The third-order valence-corrected chi connectivity index (χ3v) is 4.38. The summed E-state index contributed by atoms with van der Waals surface area (Å²) in [5, 5.41) is 0. The van der Waals surface area contributed by atoms with Crippen molar-refractivity contribution >= 4 is 23.1 Å². The highest BCUT2D eigenvalue weighted by Gasteiger charge is 2.14. The van der Waals surface area contributed by atoms with Crippen LogP contribution in [0.25, 0.3) is 16.6 Å². The zero-order valence-corrected chi connectivity index (χ0v) is 12.0. The number of fused-ring (bicyclic) bond motifs is 1. The topological polar surface area (TPSA) is 21.5 Å². The minimum atomic E-state index is 0.732. The van der Waals surface area contributed by atoms with Crippen LogP contribution in [0.2, 0.25) is 0 Å². The molecule has 0 fully saturated rings. The molecule has 3 heterocycles. The summed E-state index contributed by atoms with van der Waals surface area (Å²) in [4.78, 5) is 14.0. The number of hydrogen-bond acceptors (Lipinski definition) is 2. The lowest BCUT2D eigenvalue weighted by Gasteiger charge is -2.00. The smallest absolute Gasteiger partial charge is 0.167 e. The van der Waals surface area contributed by atoms with Crippen LogP contribution in [0.1, 0.15) is 25.8 Å². The van der Waals surface area contributed by atoms with Gasteiger partial charge >= 0.3 is 0 Å². The maximum Gasteiger partial charge on any atom is 0.167 e. The van der Waals surface area contributed by atoms with Crippen LogP contribution >= 0.6 is 11.3 Å². The summed E-state index contributed by atoms with van der Waals surface area (Å²) in [5.41, 5.74) is 5.21. The molecule has 19 heavy (non-hydrogen) atoms. The molecular formula is C16H15NOS. The second kappa shape index (κ2) is 4.35. The molecule has 0 aromatic carbocycles. The summed E-state index contributed by atoms with van der Waals surface area (Å²) >= 11 is 1.77. The van der Waals surface area contributed by atoms with E-state index in [-0.39, 0.29) is 0 Å². The van der Waals surface area contributed by atoms with Crippen LogP contribution in [0, 0.1) is 20.8 Å². The van der Waals surface area contributed by atoms with E-state index in [0.29, 0.717) is 0 Å². The third kappa shape index (κ3) is 1.90. The van der Waals surface area contributed by atoms with E-state index in [9.17, 15) is 4.79 Å². The number of carbonyl (C=O) groups is 1. The Morgan fingerprint density at radius 2 is 1.89 bits per heavy atom. The van der Waals surface area contributed by atoms with Gasteiger partial charge in [0, 0.05) is 27.0 Å². The summed E-state index contributed by atoms with van der Waals surface area (Å²) in [6, 6.07) is 8.39. The van der Waals surface area contributed by atoms with Crippen molar-refractivity contribution in [2.45, 2.75) is 20.8 Å². The van der Waals surface area contributed by atoms with Gasteiger partial charge in [-0.05, 0) is 56.2 Å². The molecule has 0 N–H and O–H groups in total. The van der Waals surface area contributed by atoms with E-state index in [1.165, 1.54) is 20.9 Å². The van der Waals surface area contributed by atoms with Gasteiger partial charge in [-0.2, -0.15) is 0 Å². The lowest BCUT2D eigenvalue weighted by atomic mass is 10.1. The Kier molecular flexibility index (Phi) is 2.79. The molecule has 0 aliphatic carbocycles. The first-order valence-electron chi connectivity index (χ1n) is 6.24. The predicted molar refractivity (Wildman–Crippen MR) is 80.3 cm³/mol. The Balaban J connectivity index is 2.34. The van der Waals surface area contributed by atoms with Gasteiger partial charge < -0.3 is 4.40 Å². The van der Waals surface area contributed by atoms with Crippen LogP contribution in [-0.4, -0.2) is 10.7 Å². The molecule has 0 unspecified atom stereocenters. The molecule has 0 amide bonds. The van der Waals surface area contributed by atoms with Crippen molar-refractivity contribution in [3.63, 3.8) is 0 Å². The molecule has 0 atom stereocenters. The quantitative estimate of drug-likeness (QED) is 0.632. The van der Waals surface area contributed by atoms with E-state index in [1.807, 2.05) is 16.7 Å². The number of aldehydes is 1. The molecule has 0 spiro atoms. The molecule has 0 saturated heterocycles. The van der Waals surface area contributed by atoms with Gasteiger partial charge in [-0.3, -0.25) is 4.79 Å². The molecular weight excluding hydrogens is 254 g/mol. The molecule has 0 bridgehead atoms. The lowest BCUT2D eigenvalue weighted by Crippen LogP contribution is -1.92. The Morgan fingerprint density at radius 1 is 1.11 bits per heavy atom. The first-order valence-corrected chi connectivity index (χ1v) is 7.06. The number of pyridine rings is 1. The number of nitrogens with zero attached hydrogens (tertiary/aromatic N) is 1. The summed E-state index contributed by atoms with van der Waals surface area (Å²) < 4.78 is 1.96. The van der Waals surface area contributed by atoms with Crippen LogP contribution in [0.3, 0.4) is 0 Å². The van der Waals surface area contributed by atoms with E-state index in [1.54, 1.807) is 11.3 Å². The molecule has 3 aromatic heterocycles. The minimum Gasteiger partial charge on any atom is -0.314 e. The van der Waals surface area contributed by atoms with Crippen LogP contribution in [-0.2, 0) is 0 Å². The molecule has 3 aromatic rings. The fourth-order valence-corrected chi connectivity index (χ4v) is 3.48. The maximum atomic E-state index is 11.5. The van der Waals surface area contributed by atoms with Crippen molar-refractivity contribution < 1.29 is 4.79 Å². The Hall–Kier alpha value is -1.87. The van der Waals surface area contributed by atoms with Gasteiger partial charge in [0.15, 0.2) is 6.29 Å². The normalized spacial score (nSPS) is 11.1. The Bertz CT molecular complexity index is 779. The summed E-state index contributed by atoms with van der Waals surface area (Å²) in [6.45, 7) is 6.27. The average molecular weight is 269 g/mol. The van der Waals surface area contributed by atoms with Gasteiger partial charge in [0.25, 0.3) is 0 Å². The molecule has 3 rings (SSSR count). The number of rotatable bonds is 2. The third-order valence-electron chi connectivity index (χ3n) is 3.41.